The van der Waals surface area contributed by atoms with Gasteiger partial charge in [-0.1, -0.05) is 23.2 Å². The highest BCUT2D eigenvalue weighted by Gasteiger charge is 2.37. The number of carbonyl (C=O) groups is 3. The molecule has 3 atom stereocenters. The minimum Gasteiger partial charge on any atom is -0.495 e. The van der Waals surface area contributed by atoms with E-state index in [9.17, 15) is 14.4 Å². The number of methoxy groups -OCH3 is 2. The molecular formula is C27H34Cl2N6O7. The van der Waals surface area contributed by atoms with Gasteiger partial charge >= 0.3 is 12.1 Å². The van der Waals surface area contributed by atoms with Crippen LogP contribution < -0.4 is 29.9 Å². The van der Waals surface area contributed by atoms with Crippen LogP contribution >= 0.6 is 23.2 Å². The molecule has 15 heteroatoms. The number of rotatable bonds is 8. The van der Waals surface area contributed by atoms with Gasteiger partial charge in [0.25, 0.3) is 6.47 Å². The van der Waals surface area contributed by atoms with E-state index >= 15 is 0 Å². The summed E-state index contributed by atoms with van der Waals surface area (Å²) in [5.41, 5.74) is 0.199. The van der Waals surface area contributed by atoms with Crippen LogP contribution in [0.1, 0.15) is 45.6 Å². The van der Waals surface area contributed by atoms with Crippen LogP contribution in [0.2, 0.25) is 10.0 Å². The summed E-state index contributed by atoms with van der Waals surface area (Å²) in [5.74, 6) is 1.25. The van der Waals surface area contributed by atoms with Gasteiger partial charge < -0.3 is 29.6 Å². The van der Waals surface area contributed by atoms with Crippen LogP contribution in [-0.4, -0.2) is 73.6 Å². The number of amides is 3. The summed E-state index contributed by atoms with van der Waals surface area (Å²) in [7, 11) is 4.49. The number of ether oxygens (including phenoxy) is 4. The molecule has 1 aliphatic carbocycles. The number of hydrogen-bond acceptors (Lipinski definition) is 10. The molecule has 42 heavy (non-hydrogen) atoms. The molecule has 2 heterocycles. The Morgan fingerprint density at radius 1 is 1.12 bits per heavy atom. The summed E-state index contributed by atoms with van der Waals surface area (Å²) in [4.78, 5) is 48.9. The first-order valence-electron chi connectivity index (χ1n) is 13.2. The Morgan fingerprint density at radius 3 is 2.38 bits per heavy atom. The maximum Gasteiger partial charge on any atom is 0.407 e. The van der Waals surface area contributed by atoms with Crippen molar-refractivity contribution in [2.45, 2.75) is 70.4 Å². The average molecular weight is 626 g/mol. The maximum absolute atomic E-state index is 13.5. The fourth-order valence-electron chi connectivity index (χ4n) is 4.95. The van der Waals surface area contributed by atoms with Crippen molar-refractivity contribution in [2.75, 3.05) is 36.4 Å². The van der Waals surface area contributed by atoms with E-state index in [2.05, 4.69) is 20.6 Å². The smallest absolute Gasteiger partial charge is 0.407 e. The third-order valence-electron chi connectivity index (χ3n) is 6.89. The lowest BCUT2D eigenvalue weighted by molar-refractivity contribution is -0.135. The van der Waals surface area contributed by atoms with Crippen LogP contribution in [0.4, 0.5) is 27.0 Å². The number of aromatic nitrogens is 2. The van der Waals surface area contributed by atoms with Crippen molar-refractivity contribution in [3.05, 3.63) is 27.9 Å². The van der Waals surface area contributed by atoms with E-state index in [1.54, 1.807) is 40.1 Å². The van der Waals surface area contributed by atoms with Gasteiger partial charge in [-0.25, -0.2) is 14.6 Å². The standard InChI is InChI=1S/C27H34Cl2N6O7/c1-27(2,3)42-25(37)32-17-9-15(41-13-36)7-8-16(17)31-24-30-11-14-12-35(26(38)34(4)23(14)33-24)22-20(28)18(39-5)10-19(40-6)21(22)29/h10-11,13,15-17H,7-9,12H2,1-6H3,(H,32,37)(H,30,31,33)/t15-,16-,17+/m1/s1. The van der Waals surface area contributed by atoms with Crippen molar-refractivity contribution >= 4 is 59.3 Å². The second-order valence-corrected chi connectivity index (χ2v) is 11.7. The van der Waals surface area contributed by atoms with Gasteiger partial charge in [0.05, 0.1) is 32.5 Å². The van der Waals surface area contributed by atoms with Crippen LogP contribution in [0, 0.1) is 0 Å². The van der Waals surface area contributed by atoms with Gasteiger partial charge in [-0.15, -0.1) is 0 Å². The Hall–Kier alpha value is -3.71. The molecule has 3 amide bonds. The zero-order valence-corrected chi connectivity index (χ0v) is 25.7. The molecule has 0 unspecified atom stereocenters. The van der Waals surface area contributed by atoms with Crippen molar-refractivity contribution < 1.29 is 33.3 Å². The average Bonchev–Trinajstić information content (AvgIpc) is 2.92. The van der Waals surface area contributed by atoms with Crippen molar-refractivity contribution in [3.8, 4) is 11.5 Å². The number of nitrogens with zero attached hydrogens (tertiary/aromatic N) is 4. The third kappa shape index (κ3) is 6.67. The monoisotopic (exact) mass is 624 g/mol. The first-order chi connectivity index (χ1) is 19.9. The third-order valence-corrected chi connectivity index (χ3v) is 7.62. The Balaban J connectivity index is 1.58. The van der Waals surface area contributed by atoms with Crippen molar-refractivity contribution in [1.29, 1.82) is 0 Å². The molecule has 1 fully saturated rings. The number of carbonyl (C=O) groups excluding carboxylic acids is 3. The molecule has 1 aromatic heterocycles. The van der Waals surface area contributed by atoms with E-state index < -0.39 is 23.8 Å². The molecule has 2 N–H and O–H groups in total. The van der Waals surface area contributed by atoms with E-state index in [0.29, 0.717) is 48.6 Å². The lowest BCUT2D eigenvalue weighted by atomic mass is 9.88. The number of hydrogen-bond donors (Lipinski definition) is 2. The van der Waals surface area contributed by atoms with E-state index in [0.717, 1.165) is 0 Å². The van der Waals surface area contributed by atoms with Crippen LogP contribution in [0.15, 0.2) is 12.3 Å². The number of anilines is 3. The molecule has 4 rings (SSSR count). The lowest BCUT2D eigenvalue weighted by Crippen LogP contribution is -2.53. The van der Waals surface area contributed by atoms with E-state index in [1.165, 1.54) is 24.0 Å². The quantitative estimate of drug-likeness (QED) is 0.394. The predicted octanol–water partition coefficient (Wildman–Crippen LogP) is 4.78. The van der Waals surface area contributed by atoms with Crippen LogP contribution in [0.25, 0.3) is 0 Å². The summed E-state index contributed by atoms with van der Waals surface area (Å²) in [6.45, 7) is 5.81. The van der Waals surface area contributed by atoms with E-state index in [1.807, 2.05) is 0 Å². The molecular weight excluding hydrogens is 591 g/mol. The molecule has 1 aromatic carbocycles. The van der Waals surface area contributed by atoms with Crippen LogP contribution in [0.3, 0.4) is 0 Å². The van der Waals surface area contributed by atoms with Gasteiger partial charge in [0.1, 0.15) is 39.1 Å². The topological polar surface area (TPSA) is 144 Å². The summed E-state index contributed by atoms with van der Waals surface area (Å²) < 4.78 is 21.3. The SMILES string of the molecule is COc1cc(OC)c(Cl)c(N2Cc3cnc(N[C@@H]4CC[C@@H](OC=O)C[C@@H]4NC(=O)OC(C)(C)C)nc3N(C)C2=O)c1Cl. The van der Waals surface area contributed by atoms with Gasteiger partial charge in [0.2, 0.25) is 5.95 Å². The number of fused-ring (bicyclic) bond motifs is 1. The summed E-state index contributed by atoms with van der Waals surface area (Å²) in [5, 5.41) is 6.46. The highest BCUT2D eigenvalue weighted by Crippen LogP contribution is 2.47. The molecule has 0 saturated heterocycles. The number of halogens is 2. The van der Waals surface area contributed by atoms with Crippen LogP contribution in [0.5, 0.6) is 11.5 Å². The minimum atomic E-state index is -0.683. The van der Waals surface area contributed by atoms with Crippen molar-refractivity contribution in [1.82, 2.24) is 15.3 Å². The van der Waals surface area contributed by atoms with E-state index in [-0.39, 0.29) is 40.4 Å². The molecule has 13 nitrogen and oxygen atoms in total. The molecule has 0 radical (unpaired) electrons. The normalized spacial score (nSPS) is 20.4. The largest absolute Gasteiger partial charge is 0.495 e. The van der Waals surface area contributed by atoms with Gasteiger partial charge in [0.15, 0.2) is 0 Å². The van der Waals surface area contributed by atoms with Gasteiger partial charge in [0, 0.05) is 37.3 Å². The summed E-state index contributed by atoms with van der Waals surface area (Å²) in [6, 6.07) is 0.373. The molecule has 2 aliphatic rings. The molecule has 0 bridgehead atoms. The van der Waals surface area contributed by atoms with Crippen molar-refractivity contribution in [3.63, 3.8) is 0 Å². The van der Waals surface area contributed by atoms with Gasteiger partial charge in [-0.3, -0.25) is 14.6 Å². The Labute approximate surface area is 253 Å². The van der Waals surface area contributed by atoms with Crippen LogP contribution in [-0.2, 0) is 20.8 Å². The number of alkyl carbamates (subject to hydrolysis) is 1. The molecule has 1 aliphatic heterocycles. The minimum absolute atomic E-state index is 0.0888. The van der Waals surface area contributed by atoms with Gasteiger partial charge in [-0.05, 0) is 33.6 Å². The Morgan fingerprint density at radius 2 is 1.79 bits per heavy atom. The lowest BCUT2D eigenvalue weighted by Gasteiger charge is -2.37. The second kappa shape index (κ2) is 12.7. The summed E-state index contributed by atoms with van der Waals surface area (Å²) >= 11 is 13.2. The predicted molar refractivity (Wildman–Crippen MR) is 157 cm³/mol. The molecule has 0 spiro atoms. The Bertz CT molecular complexity index is 1330. The summed E-state index contributed by atoms with van der Waals surface area (Å²) in [6.07, 6.45) is 2.17. The first kappa shape index (κ1) is 31.2. The van der Waals surface area contributed by atoms with Crippen molar-refractivity contribution in [2.24, 2.45) is 0 Å². The highest BCUT2D eigenvalue weighted by atomic mass is 35.5. The van der Waals surface area contributed by atoms with Gasteiger partial charge in [-0.2, -0.15) is 4.98 Å². The molecule has 1 saturated carbocycles. The molecule has 2 aromatic rings. The highest BCUT2D eigenvalue weighted by molar-refractivity contribution is 6.42. The number of nitrogens with one attached hydrogen (secondary N) is 2. The molecule has 228 valence electrons. The van der Waals surface area contributed by atoms with E-state index in [4.69, 9.17) is 42.1 Å². The Kier molecular flexibility index (Phi) is 9.41. The number of benzene rings is 1. The maximum atomic E-state index is 13.5. The fraction of sp³-hybridized carbons (Fsp3) is 0.519. The first-order valence-corrected chi connectivity index (χ1v) is 14.0. The fourth-order valence-corrected chi connectivity index (χ4v) is 5.66. The zero-order chi connectivity index (χ0) is 30.8. The number of urea groups is 1. The second-order valence-electron chi connectivity index (χ2n) is 10.9. The zero-order valence-electron chi connectivity index (χ0n) is 24.2.